The van der Waals surface area contributed by atoms with E-state index in [0.717, 1.165) is 17.0 Å². The molecule has 0 aliphatic heterocycles. The maximum Gasteiger partial charge on any atom is 0.306 e. The average molecular weight is 244 g/mol. The van der Waals surface area contributed by atoms with Gasteiger partial charge in [-0.1, -0.05) is 30.3 Å². The summed E-state index contributed by atoms with van der Waals surface area (Å²) in [5.41, 5.74) is 2.91. The first-order chi connectivity index (χ1) is 8.79. The van der Waals surface area contributed by atoms with Crippen LogP contribution in [0.25, 0.3) is 11.3 Å². The zero-order valence-corrected chi connectivity index (χ0v) is 10.3. The maximum atomic E-state index is 11.2. The third-order valence-electron chi connectivity index (χ3n) is 2.60. The van der Waals surface area contributed by atoms with E-state index < -0.39 is 0 Å². The van der Waals surface area contributed by atoms with E-state index in [4.69, 9.17) is 4.74 Å². The Morgan fingerprint density at radius 3 is 2.83 bits per heavy atom. The third-order valence-corrected chi connectivity index (χ3v) is 2.60. The Bertz CT molecular complexity index is 506. The molecule has 0 amide bonds. The van der Waals surface area contributed by atoms with E-state index in [1.165, 1.54) is 0 Å². The van der Waals surface area contributed by atoms with Crippen LogP contribution in [0.2, 0.25) is 0 Å². The highest BCUT2D eigenvalue weighted by Gasteiger charge is 2.06. The van der Waals surface area contributed by atoms with E-state index in [1.807, 2.05) is 43.3 Å². The predicted molar refractivity (Wildman–Crippen MR) is 69.0 cm³/mol. The summed E-state index contributed by atoms with van der Waals surface area (Å²) >= 11 is 0. The van der Waals surface area contributed by atoms with Crippen LogP contribution in [0.15, 0.2) is 36.4 Å². The van der Waals surface area contributed by atoms with Crippen LogP contribution in [-0.4, -0.2) is 22.8 Å². The minimum absolute atomic E-state index is 0.173. The van der Waals surface area contributed by atoms with E-state index in [1.54, 1.807) is 0 Å². The van der Waals surface area contributed by atoms with Crippen molar-refractivity contribution < 1.29 is 9.53 Å². The van der Waals surface area contributed by atoms with Gasteiger partial charge in [-0.05, 0) is 19.4 Å². The van der Waals surface area contributed by atoms with Crippen LogP contribution in [0, 0.1) is 0 Å². The Balaban J connectivity index is 1.97. The summed E-state index contributed by atoms with van der Waals surface area (Å²) in [5.74, 6) is -0.173. The Hall–Kier alpha value is -2.10. The van der Waals surface area contributed by atoms with Gasteiger partial charge in [-0.25, -0.2) is 0 Å². The molecular weight excluding hydrogens is 228 g/mol. The van der Waals surface area contributed by atoms with Gasteiger partial charge in [0.2, 0.25) is 0 Å². The highest BCUT2D eigenvalue weighted by molar-refractivity contribution is 5.69. The number of rotatable bonds is 5. The van der Waals surface area contributed by atoms with E-state index in [9.17, 15) is 4.79 Å². The summed E-state index contributed by atoms with van der Waals surface area (Å²) in [4.78, 5) is 11.2. The van der Waals surface area contributed by atoms with Crippen molar-refractivity contribution in [1.29, 1.82) is 0 Å². The lowest BCUT2D eigenvalue weighted by Crippen LogP contribution is -2.05. The fourth-order valence-corrected chi connectivity index (χ4v) is 1.72. The Kier molecular flexibility index (Phi) is 4.12. The van der Waals surface area contributed by atoms with Crippen molar-refractivity contribution in [2.24, 2.45) is 0 Å². The number of nitrogens with zero attached hydrogens (tertiary/aromatic N) is 1. The zero-order valence-electron chi connectivity index (χ0n) is 10.3. The normalized spacial score (nSPS) is 10.3. The smallest absolute Gasteiger partial charge is 0.306 e. The van der Waals surface area contributed by atoms with Gasteiger partial charge in [0.1, 0.15) is 0 Å². The number of ether oxygens (including phenoxy) is 1. The molecule has 0 aliphatic rings. The molecule has 2 rings (SSSR count). The van der Waals surface area contributed by atoms with Gasteiger partial charge in [-0.3, -0.25) is 9.89 Å². The third kappa shape index (κ3) is 3.20. The molecule has 1 N–H and O–H groups in total. The second-order valence-electron chi connectivity index (χ2n) is 3.95. The van der Waals surface area contributed by atoms with Crippen molar-refractivity contribution in [3.05, 3.63) is 42.1 Å². The number of aryl methyl sites for hydroxylation is 1. The highest BCUT2D eigenvalue weighted by atomic mass is 16.5. The quantitative estimate of drug-likeness (QED) is 0.822. The molecule has 0 radical (unpaired) electrons. The molecule has 1 heterocycles. The molecule has 0 aliphatic carbocycles. The summed E-state index contributed by atoms with van der Waals surface area (Å²) in [7, 11) is 0. The molecule has 2 aromatic rings. The fourth-order valence-electron chi connectivity index (χ4n) is 1.72. The van der Waals surface area contributed by atoms with Crippen molar-refractivity contribution in [3.8, 4) is 11.3 Å². The minimum Gasteiger partial charge on any atom is -0.466 e. The van der Waals surface area contributed by atoms with E-state index in [2.05, 4.69) is 10.2 Å². The van der Waals surface area contributed by atoms with Crippen molar-refractivity contribution in [2.45, 2.75) is 19.8 Å². The lowest BCUT2D eigenvalue weighted by atomic mass is 10.1. The lowest BCUT2D eigenvalue weighted by Gasteiger charge is -1.99. The van der Waals surface area contributed by atoms with Gasteiger partial charge >= 0.3 is 5.97 Å². The Morgan fingerprint density at radius 1 is 1.33 bits per heavy atom. The SMILES string of the molecule is CCOC(=O)CCc1cc(-c2ccccc2)n[nH]1. The van der Waals surface area contributed by atoms with E-state index in [-0.39, 0.29) is 5.97 Å². The van der Waals surface area contributed by atoms with Crippen LogP contribution in [0.5, 0.6) is 0 Å². The largest absolute Gasteiger partial charge is 0.466 e. The fraction of sp³-hybridized carbons (Fsp3) is 0.286. The van der Waals surface area contributed by atoms with Crippen LogP contribution in [0.4, 0.5) is 0 Å². The number of carbonyl (C=O) groups excluding carboxylic acids is 1. The number of nitrogens with one attached hydrogen (secondary N) is 1. The van der Waals surface area contributed by atoms with Gasteiger partial charge in [0.15, 0.2) is 0 Å². The average Bonchev–Trinajstić information content (AvgIpc) is 2.87. The first-order valence-electron chi connectivity index (χ1n) is 6.05. The van der Waals surface area contributed by atoms with Crippen LogP contribution in [-0.2, 0) is 16.0 Å². The van der Waals surface area contributed by atoms with Gasteiger partial charge in [0.05, 0.1) is 18.7 Å². The summed E-state index contributed by atoms with van der Waals surface area (Å²) in [6, 6.07) is 11.9. The number of hydrogen-bond acceptors (Lipinski definition) is 3. The first-order valence-corrected chi connectivity index (χ1v) is 6.05. The van der Waals surface area contributed by atoms with Gasteiger partial charge in [-0.15, -0.1) is 0 Å². The number of esters is 1. The predicted octanol–water partition coefficient (Wildman–Crippen LogP) is 2.57. The molecule has 0 bridgehead atoms. The second kappa shape index (κ2) is 6.00. The monoisotopic (exact) mass is 244 g/mol. The number of hydrogen-bond donors (Lipinski definition) is 1. The molecule has 0 fully saturated rings. The van der Waals surface area contributed by atoms with Crippen LogP contribution < -0.4 is 0 Å². The van der Waals surface area contributed by atoms with Crippen LogP contribution in [0.1, 0.15) is 19.0 Å². The second-order valence-corrected chi connectivity index (χ2v) is 3.95. The highest BCUT2D eigenvalue weighted by Crippen LogP contribution is 2.17. The van der Waals surface area contributed by atoms with Crippen molar-refractivity contribution >= 4 is 5.97 Å². The van der Waals surface area contributed by atoms with Gasteiger partial charge < -0.3 is 4.74 Å². The summed E-state index contributed by atoms with van der Waals surface area (Å²) < 4.78 is 4.88. The van der Waals surface area contributed by atoms with E-state index in [0.29, 0.717) is 19.4 Å². The molecule has 1 aromatic carbocycles. The zero-order chi connectivity index (χ0) is 12.8. The van der Waals surface area contributed by atoms with E-state index >= 15 is 0 Å². The molecule has 4 heteroatoms. The molecule has 0 unspecified atom stereocenters. The maximum absolute atomic E-state index is 11.2. The molecule has 0 spiro atoms. The summed E-state index contributed by atoms with van der Waals surface area (Å²) in [6.45, 7) is 2.23. The standard InChI is InChI=1S/C14H16N2O2/c1-2-18-14(17)9-8-12-10-13(16-15-12)11-6-4-3-5-7-11/h3-7,10H,2,8-9H2,1H3,(H,15,16). The van der Waals surface area contributed by atoms with Gasteiger partial charge in [0, 0.05) is 11.3 Å². The summed E-state index contributed by atoms with van der Waals surface area (Å²) in [5, 5.41) is 7.18. The molecule has 0 saturated carbocycles. The topological polar surface area (TPSA) is 55.0 Å². The number of aromatic nitrogens is 2. The van der Waals surface area contributed by atoms with Gasteiger partial charge in [0.25, 0.3) is 0 Å². The molecule has 18 heavy (non-hydrogen) atoms. The van der Waals surface area contributed by atoms with Gasteiger partial charge in [-0.2, -0.15) is 5.10 Å². The van der Waals surface area contributed by atoms with Crippen LogP contribution in [0.3, 0.4) is 0 Å². The summed E-state index contributed by atoms with van der Waals surface area (Å²) in [6.07, 6.45) is 1.00. The molecule has 0 atom stereocenters. The number of H-pyrrole nitrogens is 1. The van der Waals surface area contributed by atoms with Crippen molar-refractivity contribution in [1.82, 2.24) is 10.2 Å². The molecule has 4 nitrogen and oxygen atoms in total. The molecule has 1 aromatic heterocycles. The molecule has 0 saturated heterocycles. The molecular formula is C14H16N2O2. The molecule has 94 valence electrons. The number of benzene rings is 1. The number of carbonyl (C=O) groups is 1. The van der Waals surface area contributed by atoms with Crippen LogP contribution >= 0.6 is 0 Å². The number of aromatic amines is 1. The minimum atomic E-state index is -0.173. The van der Waals surface area contributed by atoms with Crippen molar-refractivity contribution in [3.63, 3.8) is 0 Å². The first kappa shape index (κ1) is 12.4. The Labute approximate surface area is 106 Å². The van der Waals surface area contributed by atoms with Crippen molar-refractivity contribution in [2.75, 3.05) is 6.61 Å². The lowest BCUT2D eigenvalue weighted by molar-refractivity contribution is -0.143. The Morgan fingerprint density at radius 2 is 2.11 bits per heavy atom.